The molecule has 2 aromatic heterocycles. The van der Waals surface area contributed by atoms with Crippen molar-refractivity contribution in [3.63, 3.8) is 0 Å². The topological polar surface area (TPSA) is 52.0 Å². The van der Waals surface area contributed by atoms with E-state index in [4.69, 9.17) is 16.3 Å². The number of nitrogens with one attached hydrogen (secondary N) is 1. The molecular formula is C12H17ClN4OS. The van der Waals surface area contributed by atoms with Crippen molar-refractivity contribution in [3.8, 4) is 0 Å². The molecule has 0 spiro atoms. The van der Waals surface area contributed by atoms with Gasteiger partial charge in [0.25, 0.3) is 0 Å². The molecule has 5 nitrogen and oxygen atoms in total. The molecule has 0 radical (unpaired) electrons. The minimum absolute atomic E-state index is 0.000596. The van der Waals surface area contributed by atoms with Crippen LogP contribution < -0.4 is 5.32 Å². The van der Waals surface area contributed by atoms with Crippen molar-refractivity contribution >= 4 is 22.9 Å². The van der Waals surface area contributed by atoms with Gasteiger partial charge in [0.05, 0.1) is 52.2 Å². The smallest absolute Gasteiger partial charge is 0.0873 e. The molecule has 0 bridgehead atoms. The van der Waals surface area contributed by atoms with Crippen LogP contribution in [-0.2, 0) is 11.3 Å². The van der Waals surface area contributed by atoms with E-state index in [9.17, 15) is 0 Å². The first kappa shape index (κ1) is 14.5. The van der Waals surface area contributed by atoms with Gasteiger partial charge in [-0.05, 0) is 14.0 Å². The zero-order valence-electron chi connectivity index (χ0n) is 11.2. The number of hydrogen-bond donors (Lipinski definition) is 1. The van der Waals surface area contributed by atoms with Gasteiger partial charge in [-0.1, -0.05) is 11.6 Å². The molecule has 1 unspecified atom stereocenters. The van der Waals surface area contributed by atoms with E-state index in [0.717, 1.165) is 16.3 Å². The molecule has 19 heavy (non-hydrogen) atoms. The lowest BCUT2D eigenvalue weighted by atomic mass is 10.1. The van der Waals surface area contributed by atoms with Gasteiger partial charge in [-0.25, -0.2) is 4.98 Å². The van der Waals surface area contributed by atoms with Gasteiger partial charge in [-0.15, -0.1) is 11.3 Å². The Bertz CT molecular complexity index is 540. The fraction of sp³-hybridized carbons (Fsp3) is 0.500. The first-order valence-corrected chi connectivity index (χ1v) is 7.22. The van der Waals surface area contributed by atoms with Crippen molar-refractivity contribution < 1.29 is 4.74 Å². The van der Waals surface area contributed by atoms with Crippen LogP contribution in [0.25, 0.3) is 0 Å². The van der Waals surface area contributed by atoms with E-state index >= 15 is 0 Å². The molecule has 1 N–H and O–H groups in total. The second-order valence-corrected chi connectivity index (χ2v) is 5.41. The Kier molecular flexibility index (Phi) is 4.93. The molecule has 0 aromatic carbocycles. The lowest BCUT2D eigenvalue weighted by Gasteiger charge is -2.18. The number of aryl methyl sites for hydroxylation is 1. The maximum Gasteiger partial charge on any atom is 0.0873 e. The lowest BCUT2D eigenvalue weighted by Crippen LogP contribution is -2.22. The maximum absolute atomic E-state index is 6.29. The van der Waals surface area contributed by atoms with Crippen LogP contribution in [0, 0.1) is 6.92 Å². The standard InChI is InChI=1S/C12H17ClN4OS/c1-8-12(19-7-15-8)10(14-2)11-9(13)6-16-17(11)4-5-18-3/h6-7,10,14H,4-5H2,1-3H3. The number of thiazole rings is 1. The highest BCUT2D eigenvalue weighted by atomic mass is 35.5. The van der Waals surface area contributed by atoms with Crippen LogP contribution in [0.1, 0.15) is 22.3 Å². The van der Waals surface area contributed by atoms with Gasteiger partial charge in [0.1, 0.15) is 0 Å². The fourth-order valence-corrected chi connectivity index (χ4v) is 3.16. The molecular weight excluding hydrogens is 284 g/mol. The highest BCUT2D eigenvalue weighted by molar-refractivity contribution is 7.09. The monoisotopic (exact) mass is 300 g/mol. The molecule has 0 saturated carbocycles. The minimum atomic E-state index is -0.000596. The van der Waals surface area contributed by atoms with Gasteiger partial charge in [-0.2, -0.15) is 5.10 Å². The second-order valence-electron chi connectivity index (χ2n) is 4.12. The number of nitrogens with zero attached hydrogens (tertiary/aromatic N) is 3. The fourth-order valence-electron chi connectivity index (χ4n) is 1.99. The third-order valence-electron chi connectivity index (χ3n) is 2.95. The maximum atomic E-state index is 6.29. The average molecular weight is 301 g/mol. The molecule has 2 rings (SSSR count). The molecule has 0 fully saturated rings. The van der Waals surface area contributed by atoms with E-state index in [1.165, 1.54) is 0 Å². The largest absolute Gasteiger partial charge is 0.383 e. The lowest BCUT2D eigenvalue weighted by molar-refractivity contribution is 0.182. The van der Waals surface area contributed by atoms with E-state index < -0.39 is 0 Å². The third-order valence-corrected chi connectivity index (χ3v) is 4.23. The molecule has 1 atom stereocenters. The number of aromatic nitrogens is 3. The Balaban J connectivity index is 2.38. The van der Waals surface area contributed by atoms with Crippen molar-refractivity contribution in [1.29, 1.82) is 0 Å². The van der Waals surface area contributed by atoms with Gasteiger partial charge < -0.3 is 10.1 Å². The van der Waals surface area contributed by atoms with Crippen LogP contribution >= 0.6 is 22.9 Å². The van der Waals surface area contributed by atoms with Crippen LogP contribution in [-0.4, -0.2) is 35.5 Å². The molecule has 2 aromatic rings. The van der Waals surface area contributed by atoms with Crippen molar-refractivity contribution in [2.45, 2.75) is 19.5 Å². The van der Waals surface area contributed by atoms with Crippen molar-refractivity contribution in [1.82, 2.24) is 20.1 Å². The zero-order chi connectivity index (χ0) is 13.8. The minimum Gasteiger partial charge on any atom is -0.383 e. The van der Waals surface area contributed by atoms with Gasteiger partial charge >= 0.3 is 0 Å². The molecule has 0 aliphatic rings. The summed E-state index contributed by atoms with van der Waals surface area (Å²) >= 11 is 7.90. The van der Waals surface area contributed by atoms with Crippen molar-refractivity contribution in [2.24, 2.45) is 0 Å². The highest BCUT2D eigenvalue weighted by Gasteiger charge is 2.23. The Morgan fingerprint density at radius 1 is 1.58 bits per heavy atom. The second kappa shape index (κ2) is 6.47. The number of hydrogen-bond acceptors (Lipinski definition) is 5. The number of ether oxygens (including phenoxy) is 1. The van der Waals surface area contributed by atoms with E-state index in [-0.39, 0.29) is 6.04 Å². The van der Waals surface area contributed by atoms with Gasteiger partial charge in [-0.3, -0.25) is 4.68 Å². The summed E-state index contributed by atoms with van der Waals surface area (Å²) in [7, 11) is 3.58. The summed E-state index contributed by atoms with van der Waals surface area (Å²) in [6.07, 6.45) is 1.67. The summed E-state index contributed by atoms with van der Waals surface area (Å²) in [5, 5.41) is 8.26. The van der Waals surface area contributed by atoms with Crippen LogP contribution in [0.4, 0.5) is 0 Å². The number of rotatable bonds is 6. The first-order chi connectivity index (χ1) is 9.19. The van der Waals surface area contributed by atoms with Crippen molar-refractivity contribution in [2.75, 3.05) is 20.8 Å². The van der Waals surface area contributed by atoms with E-state index in [1.807, 2.05) is 24.2 Å². The molecule has 2 heterocycles. The summed E-state index contributed by atoms with van der Waals surface area (Å²) in [6.45, 7) is 3.28. The summed E-state index contributed by atoms with van der Waals surface area (Å²) in [5.74, 6) is 0. The molecule has 0 saturated heterocycles. The molecule has 7 heteroatoms. The highest BCUT2D eigenvalue weighted by Crippen LogP contribution is 2.31. The Morgan fingerprint density at radius 3 is 2.95 bits per heavy atom. The SMILES string of the molecule is CNC(c1scnc1C)c1c(Cl)cnn1CCOC. The average Bonchev–Trinajstić information content (AvgIpc) is 2.97. The Labute approximate surface area is 121 Å². The van der Waals surface area contributed by atoms with Gasteiger partial charge in [0.2, 0.25) is 0 Å². The zero-order valence-corrected chi connectivity index (χ0v) is 12.8. The van der Waals surface area contributed by atoms with E-state index in [1.54, 1.807) is 24.6 Å². The van der Waals surface area contributed by atoms with Gasteiger partial charge in [0.15, 0.2) is 0 Å². The molecule has 104 valence electrons. The molecule has 0 aliphatic heterocycles. The van der Waals surface area contributed by atoms with E-state index in [2.05, 4.69) is 15.4 Å². The predicted octanol–water partition coefficient (Wildman–Crippen LogP) is 2.26. The Morgan fingerprint density at radius 2 is 2.37 bits per heavy atom. The normalized spacial score (nSPS) is 12.8. The van der Waals surface area contributed by atoms with Gasteiger partial charge in [0, 0.05) is 7.11 Å². The number of methoxy groups -OCH3 is 1. The third kappa shape index (κ3) is 2.97. The molecule has 0 aliphatic carbocycles. The quantitative estimate of drug-likeness (QED) is 0.889. The summed E-state index contributed by atoms with van der Waals surface area (Å²) in [5.41, 5.74) is 3.81. The van der Waals surface area contributed by atoms with Crippen LogP contribution in [0.2, 0.25) is 5.02 Å². The van der Waals surface area contributed by atoms with E-state index in [0.29, 0.717) is 18.2 Å². The predicted molar refractivity (Wildman–Crippen MR) is 76.9 cm³/mol. The summed E-state index contributed by atoms with van der Waals surface area (Å²) in [6, 6.07) is -0.000596. The summed E-state index contributed by atoms with van der Waals surface area (Å²) in [4.78, 5) is 5.45. The Hall–Kier alpha value is -0.950. The van der Waals surface area contributed by atoms with Crippen LogP contribution in [0.5, 0.6) is 0 Å². The first-order valence-electron chi connectivity index (χ1n) is 5.96. The van der Waals surface area contributed by atoms with Crippen LogP contribution in [0.15, 0.2) is 11.7 Å². The van der Waals surface area contributed by atoms with Crippen molar-refractivity contribution in [3.05, 3.63) is 33.0 Å². The molecule has 0 amide bonds. The summed E-state index contributed by atoms with van der Waals surface area (Å²) < 4.78 is 6.98. The number of halogens is 1. The van der Waals surface area contributed by atoms with Crippen LogP contribution in [0.3, 0.4) is 0 Å².